The summed E-state index contributed by atoms with van der Waals surface area (Å²) in [6, 6.07) is 8.06. The van der Waals surface area contributed by atoms with Gasteiger partial charge in [0.1, 0.15) is 0 Å². The van der Waals surface area contributed by atoms with Gasteiger partial charge in [-0.15, -0.1) is 0 Å². The van der Waals surface area contributed by atoms with Crippen molar-refractivity contribution >= 4 is 0 Å². The van der Waals surface area contributed by atoms with Gasteiger partial charge in [0, 0.05) is 6.54 Å². The largest absolute Gasteiger partial charge is 0.322 e. The van der Waals surface area contributed by atoms with Gasteiger partial charge in [-0.3, -0.25) is 0 Å². The zero-order valence-corrected chi connectivity index (χ0v) is 5.46. The minimum atomic E-state index is 1.08. The van der Waals surface area contributed by atoms with E-state index in [1.807, 2.05) is 31.2 Å². The number of rotatable bonds is 1. The summed E-state index contributed by atoms with van der Waals surface area (Å²) in [6.45, 7) is 3.65. The molecule has 1 radical (unpaired) electrons. The summed E-state index contributed by atoms with van der Waals surface area (Å²) in [6.07, 6.45) is 0. The number of benzene rings is 1. The number of hydrogen-bond donors (Lipinski definition) is 1. The third kappa shape index (κ3) is 1.54. The van der Waals surface area contributed by atoms with Crippen LogP contribution in [0.25, 0.3) is 0 Å². The van der Waals surface area contributed by atoms with Crippen molar-refractivity contribution in [2.24, 2.45) is 5.73 Å². The van der Waals surface area contributed by atoms with Gasteiger partial charge in [0.25, 0.3) is 0 Å². The van der Waals surface area contributed by atoms with Crippen molar-refractivity contribution in [2.45, 2.75) is 6.92 Å². The van der Waals surface area contributed by atoms with Gasteiger partial charge in [0.05, 0.1) is 0 Å². The van der Waals surface area contributed by atoms with Gasteiger partial charge in [-0.05, 0) is 12.5 Å². The van der Waals surface area contributed by atoms with Crippen LogP contribution in [0.2, 0.25) is 0 Å². The maximum Gasteiger partial charge on any atom is 0.0491 e. The normalized spacial score (nSPS) is 9.56. The first kappa shape index (κ1) is 6.30. The number of hydrogen-bond acceptors (Lipinski definition) is 1. The molecule has 0 aromatic heterocycles. The molecule has 0 amide bonds. The lowest BCUT2D eigenvalue weighted by molar-refractivity contribution is 1.32. The Kier molecular flexibility index (Phi) is 1.85. The van der Waals surface area contributed by atoms with Crippen LogP contribution in [0.1, 0.15) is 11.1 Å². The standard InChI is InChI=1S/C8H10N/c1-7-3-2-4-8(5-7)6-9/h2-6H,9H2,1H3. The van der Waals surface area contributed by atoms with Crippen LogP contribution in [0, 0.1) is 13.5 Å². The topological polar surface area (TPSA) is 26.0 Å². The fourth-order valence-corrected chi connectivity index (χ4v) is 0.774. The molecule has 0 saturated heterocycles. The lowest BCUT2D eigenvalue weighted by atomic mass is 10.1. The maximum atomic E-state index is 5.29. The summed E-state index contributed by atoms with van der Waals surface area (Å²) < 4.78 is 0. The van der Waals surface area contributed by atoms with E-state index in [1.54, 1.807) is 6.54 Å². The molecule has 0 fully saturated rings. The highest BCUT2D eigenvalue weighted by Crippen LogP contribution is 2.02. The van der Waals surface area contributed by atoms with E-state index in [2.05, 4.69) is 0 Å². The van der Waals surface area contributed by atoms with E-state index in [9.17, 15) is 0 Å². The Morgan fingerprint density at radius 3 is 2.67 bits per heavy atom. The highest BCUT2D eigenvalue weighted by Gasteiger charge is 1.86. The summed E-state index contributed by atoms with van der Waals surface area (Å²) in [5.41, 5.74) is 7.62. The zero-order chi connectivity index (χ0) is 6.69. The van der Waals surface area contributed by atoms with Gasteiger partial charge in [-0.2, -0.15) is 0 Å². The van der Waals surface area contributed by atoms with Crippen molar-refractivity contribution < 1.29 is 0 Å². The van der Waals surface area contributed by atoms with Gasteiger partial charge < -0.3 is 5.73 Å². The maximum absolute atomic E-state index is 5.29. The highest BCUT2D eigenvalue weighted by molar-refractivity contribution is 5.26. The van der Waals surface area contributed by atoms with E-state index in [-0.39, 0.29) is 0 Å². The Hall–Kier alpha value is -0.820. The molecule has 0 atom stereocenters. The molecule has 1 rings (SSSR count). The van der Waals surface area contributed by atoms with E-state index in [0.717, 1.165) is 5.56 Å². The number of nitrogens with two attached hydrogens (primary N) is 1. The molecular weight excluding hydrogens is 110 g/mol. The van der Waals surface area contributed by atoms with E-state index in [1.165, 1.54) is 5.56 Å². The van der Waals surface area contributed by atoms with Crippen molar-refractivity contribution in [3.8, 4) is 0 Å². The minimum absolute atomic E-state index is 1.08. The Morgan fingerprint density at radius 2 is 2.22 bits per heavy atom. The molecule has 1 heteroatoms. The average Bonchev–Trinajstić information content (AvgIpc) is 1.88. The summed E-state index contributed by atoms with van der Waals surface area (Å²) >= 11 is 0. The molecule has 0 aliphatic heterocycles. The highest BCUT2D eigenvalue weighted by atomic mass is 14.5. The van der Waals surface area contributed by atoms with Gasteiger partial charge in [-0.1, -0.05) is 29.8 Å². The van der Waals surface area contributed by atoms with Crippen molar-refractivity contribution in [2.75, 3.05) is 0 Å². The fourth-order valence-electron chi connectivity index (χ4n) is 0.774. The fraction of sp³-hybridized carbons (Fsp3) is 0.125. The first-order chi connectivity index (χ1) is 4.33. The first-order valence-electron chi connectivity index (χ1n) is 2.94. The molecule has 1 aromatic rings. The molecule has 0 heterocycles. The second kappa shape index (κ2) is 2.65. The average molecular weight is 120 g/mol. The molecule has 0 saturated carbocycles. The molecule has 1 nitrogen and oxygen atoms in total. The second-order valence-electron chi connectivity index (χ2n) is 2.08. The summed E-state index contributed by atoms with van der Waals surface area (Å²) in [4.78, 5) is 0. The molecule has 0 aliphatic rings. The molecule has 0 aliphatic carbocycles. The van der Waals surface area contributed by atoms with Crippen LogP contribution >= 0.6 is 0 Å². The monoisotopic (exact) mass is 120 g/mol. The van der Waals surface area contributed by atoms with E-state index in [0.29, 0.717) is 0 Å². The van der Waals surface area contributed by atoms with Gasteiger partial charge in [-0.25, -0.2) is 0 Å². The molecule has 9 heavy (non-hydrogen) atoms. The van der Waals surface area contributed by atoms with Crippen molar-refractivity contribution in [3.05, 3.63) is 41.9 Å². The van der Waals surface area contributed by atoms with Crippen LogP contribution in [-0.4, -0.2) is 0 Å². The lowest BCUT2D eigenvalue weighted by Crippen LogP contribution is -1.91. The van der Waals surface area contributed by atoms with Gasteiger partial charge in [0.2, 0.25) is 0 Å². The SMILES string of the molecule is Cc1cccc([CH]N)c1. The molecule has 0 bridgehead atoms. The Morgan fingerprint density at radius 1 is 1.44 bits per heavy atom. The summed E-state index contributed by atoms with van der Waals surface area (Å²) in [5.74, 6) is 0. The van der Waals surface area contributed by atoms with E-state index in [4.69, 9.17) is 5.73 Å². The van der Waals surface area contributed by atoms with E-state index >= 15 is 0 Å². The molecule has 1 aromatic carbocycles. The molecule has 0 spiro atoms. The smallest absolute Gasteiger partial charge is 0.0491 e. The quantitative estimate of drug-likeness (QED) is 0.596. The molecule has 0 unspecified atom stereocenters. The van der Waals surface area contributed by atoms with Crippen molar-refractivity contribution in [1.29, 1.82) is 0 Å². The van der Waals surface area contributed by atoms with Crippen LogP contribution in [0.4, 0.5) is 0 Å². The zero-order valence-electron chi connectivity index (χ0n) is 5.46. The van der Waals surface area contributed by atoms with Gasteiger partial charge in [0.15, 0.2) is 0 Å². The predicted octanol–water partition coefficient (Wildman–Crippen LogP) is 1.46. The van der Waals surface area contributed by atoms with Crippen LogP contribution < -0.4 is 5.73 Å². The Labute approximate surface area is 55.5 Å². The van der Waals surface area contributed by atoms with Crippen LogP contribution in [-0.2, 0) is 0 Å². The summed E-state index contributed by atoms with van der Waals surface area (Å²) in [5, 5.41) is 0. The third-order valence-corrected chi connectivity index (χ3v) is 1.23. The van der Waals surface area contributed by atoms with Crippen LogP contribution in [0.5, 0.6) is 0 Å². The predicted molar refractivity (Wildman–Crippen MR) is 38.8 cm³/mol. The van der Waals surface area contributed by atoms with Crippen LogP contribution in [0.3, 0.4) is 0 Å². The van der Waals surface area contributed by atoms with E-state index < -0.39 is 0 Å². The van der Waals surface area contributed by atoms with Crippen molar-refractivity contribution in [3.63, 3.8) is 0 Å². The third-order valence-electron chi connectivity index (χ3n) is 1.23. The first-order valence-corrected chi connectivity index (χ1v) is 2.94. The lowest BCUT2D eigenvalue weighted by Gasteiger charge is -1.94. The molecule has 2 N–H and O–H groups in total. The summed E-state index contributed by atoms with van der Waals surface area (Å²) in [7, 11) is 0. The molecular formula is C8H10N. The molecule has 47 valence electrons. The Bertz CT molecular complexity index is 194. The minimum Gasteiger partial charge on any atom is -0.322 e. The van der Waals surface area contributed by atoms with Crippen molar-refractivity contribution in [1.82, 2.24) is 0 Å². The van der Waals surface area contributed by atoms with Crippen LogP contribution in [0.15, 0.2) is 24.3 Å². The second-order valence-corrected chi connectivity index (χ2v) is 2.08. The Balaban J connectivity index is 2.94. The number of aryl methyl sites for hydroxylation is 1. The van der Waals surface area contributed by atoms with Gasteiger partial charge >= 0.3 is 0 Å².